The van der Waals surface area contributed by atoms with Crippen molar-refractivity contribution in [2.24, 2.45) is 0 Å². The van der Waals surface area contributed by atoms with E-state index < -0.39 is 116 Å². The topological polar surface area (TPSA) is 232 Å². The van der Waals surface area contributed by atoms with Crippen LogP contribution in [0.3, 0.4) is 0 Å². The molecule has 0 aromatic heterocycles. The van der Waals surface area contributed by atoms with Gasteiger partial charge in [0.25, 0.3) is 0 Å². The van der Waals surface area contributed by atoms with Crippen molar-refractivity contribution < 1.29 is 86.0 Å². The molecule has 0 radical (unpaired) electrons. The molecule has 1 N–H and O–H groups in total. The monoisotopic (exact) mass is 636 g/mol. The zero-order valence-corrected chi connectivity index (χ0v) is 25.1. The van der Waals surface area contributed by atoms with E-state index in [1.165, 1.54) is 0 Å². The van der Waals surface area contributed by atoms with Crippen molar-refractivity contribution in [3.8, 4) is 0 Å². The Bertz CT molecular complexity index is 1090. The molecule has 0 aromatic rings. The van der Waals surface area contributed by atoms with Crippen LogP contribution in [-0.2, 0) is 80.9 Å². The zero-order valence-electron chi connectivity index (χ0n) is 25.1. The minimum absolute atomic E-state index is 0.647. The van der Waals surface area contributed by atoms with E-state index >= 15 is 0 Å². The van der Waals surface area contributed by atoms with Gasteiger partial charge in [0.05, 0.1) is 13.2 Å². The third-order valence-corrected chi connectivity index (χ3v) is 5.88. The number of ether oxygens (including phenoxy) is 10. The first-order valence-electron chi connectivity index (χ1n) is 13.3. The summed E-state index contributed by atoms with van der Waals surface area (Å²) in [7, 11) is 0. The van der Waals surface area contributed by atoms with E-state index in [-0.39, 0.29) is 0 Å². The van der Waals surface area contributed by atoms with Crippen LogP contribution in [0, 0.1) is 0 Å². The molecular weight excluding hydrogens is 600 g/mol. The molecule has 0 spiro atoms. The molecule has 10 unspecified atom stereocenters. The normalized spacial score (nSPS) is 31.5. The molecule has 10 atom stereocenters. The highest BCUT2D eigenvalue weighted by atomic mass is 16.8. The summed E-state index contributed by atoms with van der Waals surface area (Å²) >= 11 is 0. The minimum atomic E-state index is -1.69. The van der Waals surface area contributed by atoms with Gasteiger partial charge in [-0.3, -0.25) is 33.6 Å². The maximum absolute atomic E-state index is 12.1. The first-order chi connectivity index (χ1) is 20.5. The lowest BCUT2D eigenvalue weighted by molar-refractivity contribution is -0.330. The fourth-order valence-corrected chi connectivity index (χ4v) is 4.57. The molecule has 2 saturated heterocycles. The minimum Gasteiger partial charge on any atom is -0.456 e. The number of carbonyl (C=O) groups is 7. The summed E-state index contributed by atoms with van der Waals surface area (Å²) in [4.78, 5) is 83.5. The van der Waals surface area contributed by atoms with Gasteiger partial charge in [0.2, 0.25) is 12.4 Å². The molecule has 0 bridgehead atoms. The SMILES string of the molecule is CC(=O)OC1OC(COC2OC(CO)C(OC(C)=O)C(OC(C)=O)C2OC(C)=O)C(OC(C)=O)C(OC(C)=O)C1OC(C)=O. The van der Waals surface area contributed by atoms with E-state index in [2.05, 4.69) is 0 Å². The average molecular weight is 637 g/mol. The smallest absolute Gasteiger partial charge is 0.305 e. The zero-order chi connectivity index (χ0) is 33.3. The van der Waals surface area contributed by atoms with E-state index in [9.17, 15) is 38.7 Å². The van der Waals surface area contributed by atoms with Gasteiger partial charge >= 0.3 is 41.8 Å². The van der Waals surface area contributed by atoms with Gasteiger partial charge in [-0.05, 0) is 0 Å². The van der Waals surface area contributed by atoms with Crippen molar-refractivity contribution in [1.82, 2.24) is 0 Å². The van der Waals surface area contributed by atoms with Gasteiger partial charge in [0, 0.05) is 48.5 Å². The maximum Gasteiger partial charge on any atom is 0.305 e. The number of esters is 7. The van der Waals surface area contributed by atoms with Gasteiger partial charge in [-0.1, -0.05) is 0 Å². The van der Waals surface area contributed by atoms with Crippen LogP contribution in [0.15, 0.2) is 0 Å². The molecule has 0 aromatic carbocycles. The van der Waals surface area contributed by atoms with Gasteiger partial charge in [-0.2, -0.15) is 0 Å². The summed E-state index contributed by atoms with van der Waals surface area (Å²) < 4.78 is 54.1. The third-order valence-electron chi connectivity index (χ3n) is 5.88. The molecule has 18 nitrogen and oxygen atoms in total. The van der Waals surface area contributed by atoms with Crippen LogP contribution in [0.1, 0.15) is 48.5 Å². The highest BCUT2D eigenvalue weighted by molar-refractivity contribution is 5.70. The van der Waals surface area contributed by atoms with E-state index in [0.29, 0.717) is 0 Å². The second-order valence-corrected chi connectivity index (χ2v) is 9.66. The third kappa shape index (κ3) is 10.4. The van der Waals surface area contributed by atoms with Crippen LogP contribution in [0.25, 0.3) is 0 Å². The second-order valence-electron chi connectivity index (χ2n) is 9.66. The summed E-state index contributed by atoms with van der Waals surface area (Å²) in [6.45, 7) is 5.83. The van der Waals surface area contributed by atoms with Crippen LogP contribution in [0.2, 0.25) is 0 Å². The number of carbonyl (C=O) groups excluding carboxylic acids is 7. The molecule has 248 valence electrons. The van der Waals surface area contributed by atoms with E-state index in [1.807, 2.05) is 0 Å². The van der Waals surface area contributed by atoms with Gasteiger partial charge in [-0.25, -0.2) is 0 Å². The van der Waals surface area contributed by atoms with Crippen LogP contribution >= 0.6 is 0 Å². The predicted molar refractivity (Wildman–Crippen MR) is 135 cm³/mol. The fourth-order valence-electron chi connectivity index (χ4n) is 4.57. The Morgan fingerprint density at radius 3 is 1.16 bits per heavy atom. The quantitative estimate of drug-likeness (QED) is 0.203. The van der Waals surface area contributed by atoms with Crippen LogP contribution in [0.5, 0.6) is 0 Å². The fraction of sp³-hybridized carbons (Fsp3) is 0.731. The highest BCUT2D eigenvalue weighted by Crippen LogP contribution is 2.33. The molecule has 0 saturated carbocycles. The molecule has 18 heteroatoms. The number of hydrogen-bond donors (Lipinski definition) is 1. The van der Waals surface area contributed by atoms with E-state index in [4.69, 9.17) is 47.4 Å². The summed E-state index contributed by atoms with van der Waals surface area (Å²) in [5.74, 6) is -6.09. The average Bonchev–Trinajstić information content (AvgIpc) is 2.87. The Balaban J connectivity index is 2.51. The van der Waals surface area contributed by atoms with E-state index in [0.717, 1.165) is 48.5 Å². The first-order valence-corrected chi connectivity index (χ1v) is 13.3. The molecule has 2 heterocycles. The number of rotatable bonds is 11. The predicted octanol–water partition coefficient (Wildman–Crippen LogP) is -1.40. The highest BCUT2D eigenvalue weighted by Gasteiger charge is 2.55. The summed E-state index contributed by atoms with van der Waals surface area (Å²) in [5, 5.41) is 9.97. The molecule has 2 aliphatic rings. The van der Waals surface area contributed by atoms with Gasteiger partial charge in [0.15, 0.2) is 36.8 Å². The van der Waals surface area contributed by atoms with Crippen molar-refractivity contribution >= 4 is 41.8 Å². The second kappa shape index (κ2) is 16.3. The lowest BCUT2D eigenvalue weighted by Gasteiger charge is -2.46. The lowest BCUT2D eigenvalue weighted by Crippen LogP contribution is -2.65. The van der Waals surface area contributed by atoms with Crippen molar-refractivity contribution in [3.05, 3.63) is 0 Å². The van der Waals surface area contributed by atoms with Crippen molar-refractivity contribution in [2.45, 2.75) is 110 Å². The molecule has 2 rings (SSSR count). The Hall–Kier alpha value is -3.87. The van der Waals surface area contributed by atoms with Crippen LogP contribution < -0.4 is 0 Å². The van der Waals surface area contributed by atoms with Gasteiger partial charge in [0.1, 0.15) is 12.2 Å². The summed E-state index contributed by atoms with van der Waals surface area (Å²) in [6.07, 6.45) is -15.4. The van der Waals surface area contributed by atoms with Crippen molar-refractivity contribution in [3.63, 3.8) is 0 Å². The number of aliphatic hydroxyl groups is 1. The molecule has 0 aliphatic carbocycles. The Labute approximate surface area is 251 Å². The number of hydrogen-bond acceptors (Lipinski definition) is 18. The van der Waals surface area contributed by atoms with Crippen molar-refractivity contribution in [2.75, 3.05) is 13.2 Å². The van der Waals surface area contributed by atoms with Crippen LogP contribution in [-0.4, -0.2) is 122 Å². The summed E-state index contributed by atoms with van der Waals surface area (Å²) in [5.41, 5.74) is 0. The molecule has 2 aliphatic heterocycles. The Kier molecular flexibility index (Phi) is 13.4. The maximum atomic E-state index is 12.1. The standard InChI is InChI=1S/C26H36O18/c1-10(28)36-19-17(8-27)43-25(23(40-14(5)32)21(19)38-12(3)30)35-9-18-20(37-11(2)29)22(39-13(4)31)24(41-15(6)33)26(44-18)42-16(7)34/h17-27H,8-9H2,1-7H3. The number of aliphatic hydroxyl groups excluding tert-OH is 1. The Morgan fingerprint density at radius 2 is 0.773 bits per heavy atom. The molecule has 44 heavy (non-hydrogen) atoms. The Morgan fingerprint density at radius 1 is 0.455 bits per heavy atom. The van der Waals surface area contributed by atoms with Gasteiger partial charge < -0.3 is 52.5 Å². The van der Waals surface area contributed by atoms with Gasteiger partial charge in [-0.15, -0.1) is 0 Å². The van der Waals surface area contributed by atoms with E-state index in [1.54, 1.807) is 0 Å². The van der Waals surface area contributed by atoms with Crippen LogP contribution in [0.4, 0.5) is 0 Å². The molecular formula is C26H36O18. The molecule has 2 fully saturated rings. The lowest BCUT2D eigenvalue weighted by atomic mass is 9.97. The first kappa shape index (κ1) is 36.3. The summed E-state index contributed by atoms with van der Waals surface area (Å²) in [6, 6.07) is 0. The molecule has 0 amide bonds. The largest absolute Gasteiger partial charge is 0.456 e. The van der Waals surface area contributed by atoms with Crippen molar-refractivity contribution in [1.29, 1.82) is 0 Å².